The van der Waals surface area contributed by atoms with E-state index in [-0.39, 0.29) is 18.0 Å². The highest BCUT2D eigenvalue weighted by atomic mass is 16.2. The number of hydrogen-bond acceptors (Lipinski definition) is 3. The molecule has 1 aromatic heterocycles. The van der Waals surface area contributed by atoms with Gasteiger partial charge in [0.05, 0.1) is 0 Å². The number of hydrogen-bond donors (Lipinski definition) is 3. The number of aromatic amines is 2. The van der Waals surface area contributed by atoms with Crippen LogP contribution >= 0.6 is 0 Å². The fourth-order valence-corrected chi connectivity index (χ4v) is 1.73. The van der Waals surface area contributed by atoms with E-state index in [9.17, 15) is 14.4 Å². The van der Waals surface area contributed by atoms with Crippen LogP contribution in [0.3, 0.4) is 0 Å². The zero-order chi connectivity index (χ0) is 14.5. The van der Waals surface area contributed by atoms with E-state index in [1.54, 1.807) is 0 Å². The zero-order valence-electron chi connectivity index (χ0n) is 11.0. The van der Waals surface area contributed by atoms with Crippen molar-refractivity contribution in [3.8, 4) is 0 Å². The molecule has 1 aromatic carbocycles. The Kier molecular flexibility index (Phi) is 4.14. The van der Waals surface area contributed by atoms with Gasteiger partial charge in [-0.2, -0.15) is 0 Å². The molecule has 1 amide bonds. The summed E-state index contributed by atoms with van der Waals surface area (Å²) >= 11 is 0. The number of anilines is 1. The lowest BCUT2D eigenvalue weighted by Gasteiger charge is -2.04. The maximum Gasteiger partial charge on any atom is 0.325 e. The molecule has 0 aliphatic heterocycles. The molecule has 2 aromatic rings. The van der Waals surface area contributed by atoms with Crippen molar-refractivity contribution < 1.29 is 4.79 Å². The van der Waals surface area contributed by atoms with E-state index in [1.165, 1.54) is 6.20 Å². The Morgan fingerprint density at radius 2 is 1.90 bits per heavy atom. The van der Waals surface area contributed by atoms with Gasteiger partial charge in [-0.1, -0.05) is 29.8 Å². The highest BCUT2D eigenvalue weighted by Gasteiger charge is 2.06. The van der Waals surface area contributed by atoms with Crippen molar-refractivity contribution in [3.05, 3.63) is 62.4 Å². The number of nitrogens with one attached hydrogen (secondary N) is 3. The fraction of sp³-hybridized carbons (Fsp3) is 0.214. The van der Waals surface area contributed by atoms with Gasteiger partial charge in [0.1, 0.15) is 5.69 Å². The fourth-order valence-electron chi connectivity index (χ4n) is 1.73. The van der Waals surface area contributed by atoms with Crippen LogP contribution in [0, 0.1) is 6.92 Å². The lowest BCUT2D eigenvalue weighted by Crippen LogP contribution is -2.26. The smallest absolute Gasteiger partial charge is 0.320 e. The average Bonchev–Trinajstić information content (AvgIpc) is 2.41. The molecule has 0 saturated heterocycles. The van der Waals surface area contributed by atoms with Crippen LogP contribution in [0.4, 0.5) is 5.69 Å². The molecule has 2 rings (SSSR count). The van der Waals surface area contributed by atoms with E-state index in [1.807, 2.05) is 36.2 Å². The summed E-state index contributed by atoms with van der Waals surface area (Å²) in [5.41, 5.74) is 1.04. The monoisotopic (exact) mass is 273 g/mol. The second kappa shape index (κ2) is 6.01. The molecule has 0 spiro atoms. The summed E-state index contributed by atoms with van der Waals surface area (Å²) in [5, 5.41) is 2.47. The molecule has 0 atom stereocenters. The van der Waals surface area contributed by atoms with Crippen LogP contribution in [0.15, 0.2) is 40.1 Å². The van der Waals surface area contributed by atoms with Gasteiger partial charge in [-0.15, -0.1) is 0 Å². The first-order valence-electron chi connectivity index (χ1n) is 6.22. The van der Waals surface area contributed by atoms with Gasteiger partial charge in [-0.3, -0.25) is 14.6 Å². The number of carbonyl (C=O) groups is 1. The lowest BCUT2D eigenvalue weighted by atomic mass is 10.1. The van der Waals surface area contributed by atoms with E-state index in [0.29, 0.717) is 6.42 Å². The summed E-state index contributed by atoms with van der Waals surface area (Å²) in [6.07, 6.45) is 2.04. The molecular formula is C14H15N3O3. The lowest BCUT2D eigenvalue weighted by molar-refractivity contribution is -0.116. The van der Waals surface area contributed by atoms with Gasteiger partial charge in [-0.25, -0.2) is 4.79 Å². The van der Waals surface area contributed by atoms with Gasteiger partial charge in [0, 0.05) is 12.6 Å². The quantitative estimate of drug-likeness (QED) is 0.773. The highest BCUT2D eigenvalue weighted by Crippen LogP contribution is 2.06. The van der Waals surface area contributed by atoms with Crippen molar-refractivity contribution in [1.82, 2.24) is 9.97 Å². The molecule has 6 heteroatoms. The van der Waals surface area contributed by atoms with E-state index in [4.69, 9.17) is 0 Å². The van der Waals surface area contributed by atoms with Crippen LogP contribution in [-0.4, -0.2) is 15.9 Å². The Morgan fingerprint density at radius 1 is 1.20 bits per heavy atom. The second-order valence-corrected chi connectivity index (χ2v) is 4.52. The Labute approximate surface area is 114 Å². The number of H-pyrrole nitrogens is 2. The molecule has 104 valence electrons. The molecule has 0 fully saturated rings. The number of benzene rings is 1. The normalized spacial score (nSPS) is 10.2. The molecule has 3 N–H and O–H groups in total. The maximum atomic E-state index is 11.7. The minimum absolute atomic E-state index is 0.0403. The molecule has 0 saturated carbocycles. The molecule has 0 aliphatic rings. The summed E-state index contributed by atoms with van der Waals surface area (Å²) in [5.74, 6) is -0.275. The summed E-state index contributed by atoms with van der Waals surface area (Å²) in [6, 6.07) is 7.91. The summed E-state index contributed by atoms with van der Waals surface area (Å²) < 4.78 is 0. The minimum atomic E-state index is -0.613. The Morgan fingerprint density at radius 3 is 2.55 bits per heavy atom. The Bertz CT molecular complexity index is 713. The number of amides is 1. The van der Waals surface area contributed by atoms with Gasteiger partial charge in [-0.05, 0) is 18.9 Å². The van der Waals surface area contributed by atoms with Gasteiger partial charge in [0.25, 0.3) is 5.56 Å². The standard InChI is InChI=1S/C14H15N3O3/c1-9-2-4-10(5-3-9)6-7-12(18)16-11-8-15-14(20)17-13(11)19/h2-5,8H,6-7H2,1H3,(H,16,18)(H2,15,17,19,20). The van der Waals surface area contributed by atoms with Gasteiger partial charge in [0.2, 0.25) is 5.91 Å². The van der Waals surface area contributed by atoms with Gasteiger partial charge < -0.3 is 10.3 Å². The van der Waals surface area contributed by atoms with Crippen molar-refractivity contribution in [2.24, 2.45) is 0 Å². The molecule has 0 radical (unpaired) electrons. The van der Waals surface area contributed by atoms with Crippen LogP contribution < -0.4 is 16.6 Å². The summed E-state index contributed by atoms with van der Waals surface area (Å²) in [7, 11) is 0. The van der Waals surface area contributed by atoms with E-state index >= 15 is 0 Å². The summed E-state index contributed by atoms with van der Waals surface area (Å²) in [4.78, 5) is 38.3. The predicted molar refractivity (Wildman–Crippen MR) is 75.8 cm³/mol. The third-order valence-electron chi connectivity index (χ3n) is 2.85. The molecular weight excluding hydrogens is 258 g/mol. The first-order valence-corrected chi connectivity index (χ1v) is 6.22. The van der Waals surface area contributed by atoms with Gasteiger partial charge in [0.15, 0.2) is 0 Å². The van der Waals surface area contributed by atoms with E-state index in [0.717, 1.165) is 11.1 Å². The van der Waals surface area contributed by atoms with Crippen molar-refractivity contribution in [1.29, 1.82) is 0 Å². The number of rotatable bonds is 4. The van der Waals surface area contributed by atoms with Crippen molar-refractivity contribution in [3.63, 3.8) is 0 Å². The molecule has 6 nitrogen and oxygen atoms in total. The molecule has 20 heavy (non-hydrogen) atoms. The third-order valence-corrected chi connectivity index (χ3v) is 2.85. The molecule has 0 unspecified atom stereocenters. The largest absolute Gasteiger partial charge is 0.325 e. The van der Waals surface area contributed by atoms with Crippen LogP contribution in [0.1, 0.15) is 17.5 Å². The zero-order valence-corrected chi connectivity index (χ0v) is 11.0. The first-order chi connectivity index (χ1) is 9.54. The number of aromatic nitrogens is 2. The van der Waals surface area contributed by atoms with E-state index < -0.39 is 11.2 Å². The minimum Gasteiger partial charge on any atom is -0.320 e. The Balaban J connectivity index is 1.94. The van der Waals surface area contributed by atoms with Crippen molar-refractivity contribution in [2.75, 3.05) is 5.32 Å². The molecule has 0 aliphatic carbocycles. The molecule has 1 heterocycles. The number of carbonyl (C=O) groups excluding carboxylic acids is 1. The van der Waals surface area contributed by atoms with Crippen LogP contribution in [0.2, 0.25) is 0 Å². The average molecular weight is 273 g/mol. The van der Waals surface area contributed by atoms with Crippen molar-refractivity contribution >= 4 is 11.6 Å². The van der Waals surface area contributed by atoms with Crippen LogP contribution in [0.25, 0.3) is 0 Å². The van der Waals surface area contributed by atoms with Crippen molar-refractivity contribution in [2.45, 2.75) is 19.8 Å². The van der Waals surface area contributed by atoms with E-state index in [2.05, 4.69) is 10.3 Å². The second-order valence-electron chi connectivity index (χ2n) is 4.52. The van der Waals surface area contributed by atoms with Crippen LogP contribution in [-0.2, 0) is 11.2 Å². The number of aryl methyl sites for hydroxylation is 2. The SMILES string of the molecule is Cc1ccc(CCC(=O)Nc2c[nH]c(=O)[nH]c2=O)cc1. The maximum absolute atomic E-state index is 11.7. The third kappa shape index (κ3) is 3.68. The summed E-state index contributed by atoms with van der Waals surface area (Å²) in [6.45, 7) is 2.00. The first kappa shape index (κ1) is 13.8. The Hall–Kier alpha value is -2.63. The van der Waals surface area contributed by atoms with Gasteiger partial charge >= 0.3 is 5.69 Å². The highest BCUT2D eigenvalue weighted by molar-refractivity contribution is 5.90. The molecule has 0 bridgehead atoms. The predicted octanol–water partition coefficient (Wildman–Crippen LogP) is 0.943. The van der Waals surface area contributed by atoms with Crippen LogP contribution in [0.5, 0.6) is 0 Å². The topological polar surface area (TPSA) is 94.8 Å².